The van der Waals surface area contributed by atoms with E-state index in [4.69, 9.17) is 17.3 Å². The van der Waals surface area contributed by atoms with Gasteiger partial charge in [0.25, 0.3) is 0 Å². The van der Waals surface area contributed by atoms with Crippen LogP contribution in [0.15, 0.2) is 35.5 Å². The normalized spacial score (nSPS) is 14.7. The number of aliphatic imine (C=N–C) groups is 1. The number of hydroxylamine groups is 1. The van der Waals surface area contributed by atoms with Crippen molar-refractivity contribution in [3.05, 3.63) is 46.9 Å². The van der Waals surface area contributed by atoms with Crippen molar-refractivity contribution in [2.24, 2.45) is 4.99 Å². The maximum absolute atomic E-state index is 13.3. The van der Waals surface area contributed by atoms with Gasteiger partial charge in [-0.15, -0.1) is 0 Å². The molecule has 0 saturated heterocycles. The lowest BCUT2D eigenvalue weighted by Crippen LogP contribution is -2.21. The van der Waals surface area contributed by atoms with Gasteiger partial charge in [-0.2, -0.15) is 0 Å². The number of nitrogens with one attached hydrogen (secondary N) is 2. The van der Waals surface area contributed by atoms with Crippen LogP contribution >= 0.6 is 11.6 Å². The number of halogens is 2. The standard InChI is InChI=1S/C16H15ClFN7O/c17-11-7-9(3-4-12(11)18)21-14(24-26)10-5-6-20-15-13(10)22-16(19)25(15)23-8-1-2-8/h3-8,23,26H,1-2H2,(H2,19,22)(H,21,24). The van der Waals surface area contributed by atoms with Gasteiger partial charge in [-0.1, -0.05) is 11.6 Å². The van der Waals surface area contributed by atoms with Gasteiger partial charge in [0.1, 0.15) is 11.3 Å². The average molecular weight is 376 g/mol. The smallest absolute Gasteiger partial charge is 0.221 e. The number of imidazole rings is 1. The lowest BCUT2D eigenvalue weighted by Gasteiger charge is -2.08. The number of anilines is 1. The van der Waals surface area contributed by atoms with Gasteiger partial charge in [0.15, 0.2) is 11.5 Å². The van der Waals surface area contributed by atoms with E-state index in [2.05, 4.69) is 20.4 Å². The van der Waals surface area contributed by atoms with Crippen LogP contribution in [0.3, 0.4) is 0 Å². The fourth-order valence-corrected chi connectivity index (χ4v) is 2.71. The number of nitrogens with zero attached hydrogens (tertiary/aromatic N) is 4. The van der Waals surface area contributed by atoms with Crippen LogP contribution in [0.2, 0.25) is 5.02 Å². The minimum absolute atomic E-state index is 0.0643. The minimum Gasteiger partial charge on any atom is -0.368 e. The van der Waals surface area contributed by atoms with E-state index < -0.39 is 5.82 Å². The number of hydrogen-bond acceptors (Lipinski definition) is 6. The first-order valence-electron chi connectivity index (χ1n) is 7.90. The number of aromatic nitrogens is 3. The van der Waals surface area contributed by atoms with Crippen molar-refractivity contribution in [3.63, 3.8) is 0 Å². The highest BCUT2D eigenvalue weighted by molar-refractivity contribution is 6.31. The molecule has 4 rings (SSSR count). The van der Waals surface area contributed by atoms with Gasteiger partial charge in [-0.25, -0.2) is 24.0 Å². The van der Waals surface area contributed by atoms with Gasteiger partial charge in [0, 0.05) is 12.2 Å². The third-order valence-electron chi connectivity index (χ3n) is 3.97. The molecular weight excluding hydrogens is 361 g/mol. The third-order valence-corrected chi connectivity index (χ3v) is 4.26. The Bertz CT molecular complexity index is 1020. The summed E-state index contributed by atoms with van der Waals surface area (Å²) in [7, 11) is 0. The summed E-state index contributed by atoms with van der Waals surface area (Å²) in [5, 5.41) is 9.50. The summed E-state index contributed by atoms with van der Waals surface area (Å²) in [4.78, 5) is 12.9. The lowest BCUT2D eigenvalue weighted by molar-refractivity contribution is 0.235. The molecule has 1 aromatic carbocycles. The van der Waals surface area contributed by atoms with Crippen LogP contribution in [-0.4, -0.2) is 31.7 Å². The molecular formula is C16H15ClFN7O. The van der Waals surface area contributed by atoms with Crippen LogP contribution in [0.25, 0.3) is 11.2 Å². The zero-order chi connectivity index (χ0) is 18.3. The van der Waals surface area contributed by atoms with Crippen LogP contribution in [-0.2, 0) is 0 Å². The molecule has 8 nitrogen and oxygen atoms in total. The summed E-state index contributed by atoms with van der Waals surface area (Å²) in [5.74, 6) is -0.182. The van der Waals surface area contributed by atoms with E-state index in [0.29, 0.717) is 28.5 Å². The van der Waals surface area contributed by atoms with Gasteiger partial charge < -0.3 is 11.2 Å². The van der Waals surface area contributed by atoms with Crippen molar-refractivity contribution in [2.75, 3.05) is 11.2 Å². The largest absolute Gasteiger partial charge is 0.368 e. The summed E-state index contributed by atoms with van der Waals surface area (Å²) in [6.07, 6.45) is 3.69. The maximum Gasteiger partial charge on any atom is 0.221 e. The second-order valence-electron chi connectivity index (χ2n) is 5.91. The molecule has 26 heavy (non-hydrogen) atoms. The molecule has 0 unspecified atom stereocenters. The van der Waals surface area contributed by atoms with Gasteiger partial charge >= 0.3 is 0 Å². The molecule has 0 spiro atoms. The monoisotopic (exact) mass is 375 g/mol. The molecule has 1 fully saturated rings. The van der Waals surface area contributed by atoms with Crippen molar-refractivity contribution >= 4 is 40.2 Å². The predicted octanol–water partition coefficient (Wildman–Crippen LogP) is 2.57. The molecule has 0 atom stereocenters. The summed E-state index contributed by atoms with van der Waals surface area (Å²) in [5.41, 5.74) is 13.1. The molecule has 1 aliphatic carbocycles. The Balaban J connectivity index is 1.80. The maximum atomic E-state index is 13.3. The van der Waals surface area contributed by atoms with Crippen molar-refractivity contribution in [3.8, 4) is 0 Å². The van der Waals surface area contributed by atoms with E-state index in [0.717, 1.165) is 12.8 Å². The molecule has 2 aromatic heterocycles. The first-order valence-corrected chi connectivity index (χ1v) is 8.28. The first-order chi connectivity index (χ1) is 12.6. The highest BCUT2D eigenvalue weighted by Gasteiger charge is 2.24. The van der Waals surface area contributed by atoms with E-state index in [1.54, 1.807) is 16.9 Å². The van der Waals surface area contributed by atoms with Gasteiger partial charge in [0.2, 0.25) is 5.95 Å². The highest BCUT2D eigenvalue weighted by Crippen LogP contribution is 2.26. The molecule has 1 aliphatic rings. The molecule has 3 aromatic rings. The van der Waals surface area contributed by atoms with Crippen LogP contribution in [0, 0.1) is 5.82 Å². The Morgan fingerprint density at radius 1 is 1.38 bits per heavy atom. The number of nitrogen functional groups attached to an aromatic ring is 1. The van der Waals surface area contributed by atoms with Crippen LogP contribution < -0.4 is 16.6 Å². The highest BCUT2D eigenvalue weighted by atomic mass is 35.5. The van der Waals surface area contributed by atoms with Crippen molar-refractivity contribution in [1.29, 1.82) is 0 Å². The lowest BCUT2D eigenvalue weighted by atomic mass is 10.2. The Morgan fingerprint density at radius 3 is 2.88 bits per heavy atom. The summed E-state index contributed by atoms with van der Waals surface area (Å²) in [6, 6.07) is 5.99. The molecule has 0 bridgehead atoms. The number of benzene rings is 1. The van der Waals surface area contributed by atoms with Crippen molar-refractivity contribution in [2.45, 2.75) is 18.9 Å². The zero-order valence-corrected chi connectivity index (χ0v) is 14.2. The van der Waals surface area contributed by atoms with Gasteiger partial charge in [-0.05, 0) is 37.1 Å². The van der Waals surface area contributed by atoms with E-state index in [9.17, 15) is 9.60 Å². The van der Waals surface area contributed by atoms with Gasteiger partial charge in [-0.3, -0.25) is 10.7 Å². The molecule has 10 heteroatoms. The van der Waals surface area contributed by atoms with E-state index >= 15 is 0 Å². The topological polar surface area (TPSA) is 113 Å². The van der Waals surface area contributed by atoms with Crippen molar-refractivity contribution < 1.29 is 9.60 Å². The Labute approximate surface area is 152 Å². The van der Waals surface area contributed by atoms with Crippen LogP contribution in [0.5, 0.6) is 0 Å². The number of rotatable bonds is 4. The first kappa shape index (κ1) is 16.6. The average Bonchev–Trinajstić information content (AvgIpc) is 3.39. The Morgan fingerprint density at radius 2 is 2.19 bits per heavy atom. The summed E-state index contributed by atoms with van der Waals surface area (Å²) < 4.78 is 14.9. The fraction of sp³-hybridized carbons (Fsp3) is 0.188. The van der Waals surface area contributed by atoms with Crippen LogP contribution in [0.1, 0.15) is 18.4 Å². The molecule has 2 heterocycles. The second kappa shape index (κ2) is 6.43. The van der Waals surface area contributed by atoms with Gasteiger partial charge in [0.05, 0.1) is 16.3 Å². The van der Waals surface area contributed by atoms with E-state index in [-0.39, 0.29) is 16.8 Å². The molecule has 1 saturated carbocycles. The Kier molecular flexibility index (Phi) is 4.09. The zero-order valence-electron chi connectivity index (χ0n) is 13.4. The second-order valence-corrected chi connectivity index (χ2v) is 6.32. The SMILES string of the molecule is Nc1nc2c(C(=Nc3ccc(F)c(Cl)c3)NO)ccnc2n1NC1CC1. The number of pyridine rings is 1. The number of fused-ring (bicyclic) bond motifs is 1. The molecule has 0 radical (unpaired) electrons. The summed E-state index contributed by atoms with van der Waals surface area (Å²) >= 11 is 5.78. The number of hydrogen-bond donors (Lipinski definition) is 4. The van der Waals surface area contributed by atoms with E-state index in [1.807, 2.05) is 5.48 Å². The third kappa shape index (κ3) is 3.02. The number of amidine groups is 1. The van der Waals surface area contributed by atoms with E-state index in [1.165, 1.54) is 18.2 Å². The molecule has 0 aliphatic heterocycles. The predicted molar refractivity (Wildman–Crippen MR) is 96.9 cm³/mol. The van der Waals surface area contributed by atoms with Crippen molar-refractivity contribution in [1.82, 2.24) is 20.1 Å². The minimum atomic E-state index is -0.548. The van der Waals surface area contributed by atoms with Crippen LogP contribution in [0.4, 0.5) is 16.0 Å². The fourth-order valence-electron chi connectivity index (χ4n) is 2.53. The quantitative estimate of drug-likeness (QED) is 0.316. The molecule has 134 valence electrons. The summed E-state index contributed by atoms with van der Waals surface area (Å²) in [6.45, 7) is 0. The number of nitrogens with two attached hydrogens (primary N) is 1. The molecule has 5 N–H and O–H groups in total. The molecule has 0 amide bonds. The Hall–Kier alpha value is -2.91.